The van der Waals surface area contributed by atoms with Gasteiger partial charge < -0.3 is 9.88 Å². The predicted molar refractivity (Wildman–Crippen MR) is 107 cm³/mol. The normalized spacial score (nSPS) is 12.4. The first-order valence-electron chi connectivity index (χ1n) is 8.76. The minimum atomic E-state index is 0.126. The quantitative estimate of drug-likeness (QED) is 0.547. The zero-order valence-electron chi connectivity index (χ0n) is 15.1. The van der Waals surface area contributed by atoms with Crippen LogP contribution in [0.1, 0.15) is 36.2 Å². The second kappa shape index (κ2) is 6.88. The second-order valence-corrected chi connectivity index (χ2v) is 7.45. The Morgan fingerprint density at radius 3 is 2.88 bits per heavy atom. The molecule has 0 spiro atoms. The summed E-state index contributed by atoms with van der Waals surface area (Å²) < 4.78 is 2.01. The molecular formula is C20H21N5S. The van der Waals surface area contributed by atoms with Crippen molar-refractivity contribution in [1.29, 1.82) is 0 Å². The lowest BCUT2D eigenvalue weighted by molar-refractivity contribution is 0.868. The van der Waals surface area contributed by atoms with Gasteiger partial charge in [0, 0.05) is 23.0 Å². The molecule has 0 saturated heterocycles. The summed E-state index contributed by atoms with van der Waals surface area (Å²) in [7, 11) is 0. The van der Waals surface area contributed by atoms with Crippen molar-refractivity contribution in [3.63, 3.8) is 0 Å². The number of aryl methyl sites for hydroxylation is 2. The van der Waals surface area contributed by atoms with Crippen molar-refractivity contribution in [2.75, 3.05) is 5.32 Å². The number of hydrogen-bond acceptors (Lipinski definition) is 5. The van der Waals surface area contributed by atoms with E-state index in [9.17, 15) is 0 Å². The van der Waals surface area contributed by atoms with Crippen LogP contribution in [0.2, 0.25) is 0 Å². The van der Waals surface area contributed by atoms with Crippen LogP contribution in [0.15, 0.2) is 49.1 Å². The van der Waals surface area contributed by atoms with E-state index in [1.54, 1.807) is 17.5 Å². The summed E-state index contributed by atoms with van der Waals surface area (Å²) in [6.45, 7) is 6.27. The summed E-state index contributed by atoms with van der Waals surface area (Å²) in [6.07, 6.45) is 6.57. The lowest BCUT2D eigenvalue weighted by Crippen LogP contribution is -2.09. The summed E-state index contributed by atoms with van der Waals surface area (Å²) in [5, 5.41) is 4.69. The molecule has 26 heavy (non-hydrogen) atoms. The summed E-state index contributed by atoms with van der Waals surface area (Å²) in [4.78, 5) is 15.8. The van der Waals surface area contributed by atoms with E-state index in [-0.39, 0.29) is 6.04 Å². The van der Waals surface area contributed by atoms with Gasteiger partial charge in [0.25, 0.3) is 0 Å². The number of rotatable bonds is 5. The first-order chi connectivity index (χ1) is 12.6. The Morgan fingerprint density at radius 2 is 2.12 bits per heavy atom. The maximum absolute atomic E-state index is 4.66. The number of nitrogens with zero attached hydrogens (tertiary/aromatic N) is 4. The van der Waals surface area contributed by atoms with E-state index >= 15 is 0 Å². The van der Waals surface area contributed by atoms with Crippen LogP contribution in [0.4, 0.5) is 5.82 Å². The number of imidazole rings is 1. The van der Waals surface area contributed by atoms with Crippen molar-refractivity contribution in [2.45, 2.75) is 33.2 Å². The Kier molecular flexibility index (Phi) is 4.42. The fraction of sp³-hybridized carbons (Fsp3) is 0.250. The van der Waals surface area contributed by atoms with Crippen LogP contribution in [0.3, 0.4) is 0 Å². The molecule has 132 valence electrons. The van der Waals surface area contributed by atoms with Crippen molar-refractivity contribution in [3.05, 3.63) is 65.3 Å². The molecule has 5 nitrogen and oxygen atoms in total. The lowest BCUT2D eigenvalue weighted by atomic mass is 10.1. The lowest BCUT2D eigenvalue weighted by Gasteiger charge is -2.17. The van der Waals surface area contributed by atoms with Crippen LogP contribution in [-0.4, -0.2) is 19.5 Å². The molecule has 1 aromatic carbocycles. The molecule has 4 aromatic rings. The fourth-order valence-electron chi connectivity index (χ4n) is 3.02. The van der Waals surface area contributed by atoms with E-state index in [4.69, 9.17) is 0 Å². The third-order valence-electron chi connectivity index (χ3n) is 4.43. The van der Waals surface area contributed by atoms with E-state index in [1.165, 1.54) is 10.4 Å². The van der Waals surface area contributed by atoms with Gasteiger partial charge in [-0.1, -0.05) is 19.1 Å². The van der Waals surface area contributed by atoms with Crippen LogP contribution in [0, 0.1) is 6.92 Å². The molecule has 6 heteroatoms. The molecule has 1 atom stereocenters. The molecule has 0 aliphatic rings. The molecule has 0 aliphatic carbocycles. The minimum Gasteiger partial charge on any atom is -0.363 e. The number of fused-ring (bicyclic) bond motifs is 1. The van der Waals surface area contributed by atoms with Gasteiger partial charge in [0.2, 0.25) is 0 Å². The van der Waals surface area contributed by atoms with Gasteiger partial charge in [0.1, 0.15) is 16.5 Å². The SMILES string of the molecule is CCc1cc2c(NC(C)c3cccc(-n4ccnc4)c3)nc(C)nc2s1. The zero-order valence-corrected chi connectivity index (χ0v) is 15.9. The second-order valence-electron chi connectivity index (χ2n) is 6.34. The van der Waals surface area contributed by atoms with Gasteiger partial charge in [0.05, 0.1) is 17.8 Å². The summed E-state index contributed by atoms with van der Waals surface area (Å²) in [5.41, 5.74) is 2.30. The van der Waals surface area contributed by atoms with Crippen LogP contribution >= 0.6 is 11.3 Å². The Balaban J connectivity index is 1.66. The number of nitrogens with one attached hydrogen (secondary N) is 1. The van der Waals surface area contributed by atoms with Crippen molar-refractivity contribution in [3.8, 4) is 5.69 Å². The summed E-state index contributed by atoms with van der Waals surface area (Å²) in [5.74, 6) is 1.70. The fourth-order valence-corrected chi connectivity index (χ4v) is 4.03. The first-order valence-corrected chi connectivity index (χ1v) is 9.57. The van der Waals surface area contributed by atoms with Crippen LogP contribution < -0.4 is 5.32 Å². The number of hydrogen-bond donors (Lipinski definition) is 1. The van der Waals surface area contributed by atoms with Crippen LogP contribution in [-0.2, 0) is 6.42 Å². The van der Waals surface area contributed by atoms with Gasteiger partial charge in [-0.2, -0.15) is 0 Å². The van der Waals surface area contributed by atoms with Crippen molar-refractivity contribution in [2.24, 2.45) is 0 Å². The Bertz CT molecular complexity index is 1040. The third kappa shape index (κ3) is 3.20. The van der Waals surface area contributed by atoms with Crippen molar-refractivity contribution in [1.82, 2.24) is 19.5 Å². The number of anilines is 1. The van der Waals surface area contributed by atoms with E-state index in [2.05, 4.69) is 64.4 Å². The molecular weight excluding hydrogens is 342 g/mol. The average Bonchev–Trinajstić information content (AvgIpc) is 3.31. The first kappa shape index (κ1) is 16.7. The molecule has 0 fully saturated rings. The molecule has 4 rings (SSSR count). The smallest absolute Gasteiger partial charge is 0.138 e. The molecule has 0 saturated carbocycles. The highest BCUT2D eigenvalue weighted by atomic mass is 32.1. The Labute approximate surface area is 156 Å². The van der Waals surface area contributed by atoms with E-state index in [0.717, 1.165) is 34.0 Å². The third-order valence-corrected chi connectivity index (χ3v) is 5.60. The standard InChI is InChI=1S/C20H21N5S/c1-4-17-11-18-19(23-14(3)24-20(18)26-17)22-13(2)15-6-5-7-16(10-15)25-9-8-21-12-25/h5-13H,4H2,1-3H3,(H,22,23,24). The highest BCUT2D eigenvalue weighted by Gasteiger charge is 2.13. The maximum atomic E-state index is 4.66. The molecule has 0 amide bonds. The number of thiophene rings is 1. The summed E-state index contributed by atoms with van der Waals surface area (Å²) >= 11 is 1.75. The van der Waals surface area contributed by atoms with Gasteiger partial charge in [-0.3, -0.25) is 0 Å². The topological polar surface area (TPSA) is 55.6 Å². The van der Waals surface area contributed by atoms with Gasteiger partial charge in [-0.25, -0.2) is 15.0 Å². The summed E-state index contributed by atoms with van der Waals surface area (Å²) in [6, 6.07) is 10.8. The Hall–Kier alpha value is -2.73. The van der Waals surface area contributed by atoms with Gasteiger partial charge >= 0.3 is 0 Å². The van der Waals surface area contributed by atoms with Crippen LogP contribution in [0.5, 0.6) is 0 Å². The predicted octanol–water partition coefficient (Wildman–Crippen LogP) is 4.92. The minimum absolute atomic E-state index is 0.126. The van der Waals surface area contributed by atoms with E-state index in [1.807, 2.05) is 24.0 Å². The van der Waals surface area contributed by atoms with E-state index < -0.39 is 0 Å². The van der Waals surface area contributed by atoms with Crippen LogP contribution in [0.25, 0.3) is 15.9 Å². The van der Waals surface area contributed by atoms with Gasteiger partial charge in [-0.15, -0.1) is 11.3 Å². The molecule has 0 radical (unpaired) electrons. The molecule has 1 unspecified atom stereocenters. The molecule has 1 N–H and O–H groups in total. The number of benzene rings is 1. The van der Waals surface area contributed by atoms with E-state index in [0.29, 0.717) is 0 Å². The van der Waals surface area contributed by atoms with Gasteiger partial charge in [0.15, 0.2) is 0 Å². The van der Waals surface area contributed by atoms with Crippen molar-refractivity contribution < 1.29 is 0 Å². The number of aromatic nitrogens is 4. The molecule has 0 bridgehead atoms. The molecule has 0 aliphatic heterocycles. The monoisotopic (exact) mass is 363 g/mol. The van der Waals surface area contributed by atoms with Gasteiger partial charge in [-0.05, 0) is 44.0 Å². The average molecular weight is 363 g/mol. The highest BCUT2D eigenvalue weighted by molar-refractivity contribution is 7.18. The van der Waals surface area contributed by atoms with Crippen molar-refractivity contribution >= 4 is 27.4 Å². The Morgan fingerprint density at radius 1 is 1.23 bits per heavy atom. The largest absolute Gasteiger partial charge is 0.363 e. The zero-order chi connectivity index (χ0) is 18.1. The molecule has 3 aromatic heterocycles. The molecule has 3 heterocycles. The maximum Gasteiger partial charge on any atom is 0.138 e. The highest BCUT2D eigenvalue weighted by Crippen LogP contribution is 2.31.